The molecule has 1 aliphatic heterocycles. The number of likely N-dealkylation sites (tertiary alicyclic amines) is 1. The maximum atomic E-state index is 13.0. The number of nitrogens with one attached hydrogen (secondary N) is 1. The number of carbonyl (C=O) groups is 2. The summed E-state index contributed by atoms with van der Waals surface area (Å²) >= 11 is 0. The largest absolute Gasteiger partial charge is 0.465 e. The number of pyridine rings is 1. The topological polar surface area (TPSA) is 96.7 Å². The van der Waals surface area contributed by atoms with Gasteiger partial charge in [0.1, 0.15) is 12.4 Å². The second kappa shape index (κ2) is 8.62. The number of rotatable bonds is 9. The molecule has 8 nitrogen and oxygen atoms in total. The van der Waals surface area contributed by atoms with Crippen LogP contribution in [0.1, 0.15) is 29.6 Å². The van der Waals surface area contributed by atoms with Gasteiger partial charge in [-0.25, -0.2) is 9.78 Å². The highest BCUT2D eigenvalue weighted by Crippen LogP contribution is 2.37. The van der Waals surface area contributed by atoms with Crippen LogP contribution in [0.2, 0.25) is 25.7 Å². The van der Waals surface area contributed by atoms with E-state index in [1.165, 1.54) is 4.90 Å². The van der Waals surface area contributed by atoms with Crippen LogP contribution in [0.4, 0.5) is 10.5 Å². The summed E-state index contributed by atoms with van der Waals surface area (Å²) in [6.07, 6.45) is 5.35. The Morgan fingerprint density at radius 1 is 1.29 bits per heavy atom. The summed E-state index contributed by atoms with van der Waals surface area (Å²) < 4.78 is 7.87. The van der Waals surface area contributed by atoms with E-state index < -0.39 is 14.2 Å². The molecule has 1 saturated carbocycles. The minimum absolute atomic E-state index is 0.0157. The minimum atomic E-state index is -1.17. The van der Waals surface area contributed by atoms with E-state index >= 15 is 0 Å². The molecule has 1 saturated heterocycles. The summed E-state index contributed by atoms with van der Waals surface area (Å²) in [7, 11) is -1.17. The standard InChI is InChI=1S/C22H32N4O4Si/c1-31(2,3)11-10-30-14-26-13-17(20(27)15-4-5-15)19-18(6-8-23-21(19)26)24-16-7-9-25(12-16)22(28)29/h6,8,13,15-16H,4-5,7,9-12,14H2,1-3H3,(H,23,24)(H,28,29)/t16-/m1/s1. The number of amides is 1. The first-order chi connectivity index (χ1) is 14.7. The molecule has 1 aliphatic carbocycles. The number of carboxylic acid groups (broad SMARTS) is 1. The van der Waals surface area contributed by atoms with Crippen LogP contribution in [0.3, 0.4) is 0 Å². The van der Waals surface area contributed by atoms with Crippen molar-refractivity contribution in [2.45, 2.75) is 57.7 Å². The highest BCUT2D eigenvalue weighted by molar-refractivity contribution is 6.76. The van der Waals surface area contributed by atoms with E-state index in [1.54, 1.807) is 6.20 Å². The van der Waals surface area contributed by atoms with Gasteiger partial charge in [0.05, 0.1) is 5.39 Å². The van der Waals surface area contributed by atoms with Crippen molar-refractivity contribution in [3.05, 3.63) is 24.0 Å². The van der Waals surface area contributed by atoms with Gasteiger partial charge in [-0.05, 0) is 31.4 Å². The van der Waals surface area contributed by atoms with E-state index in [0.29, 0.717) is 32.0 Å². The molecule has 1 amide bonds. The molecule has 168 valence electrons. The fourth-order valence-electron chi connectivity index (χ4n) is 4.00. The van der Waals surface area contributed by atoms with Gasteiger partial charge in [-0.15, -0.1) is 0 Å². The van der Waals surface area contributed by atoms with Crippen LogP contribution in [0.25, 0.3) is 11.0 Å². The molecule has 4 rings (SSSR count). The highest BCUT2D eigenvalue weighted by Gasteiger charge is 2.34. The summed E-state index contributed by atoms with van der Waals surface area (Å²) in [4.78, 5) is 30.3. The van der Waals surface area contributed by atoms with Crippen LogP contribution in [0.5, 0.6) is 0 Å². The first-order valence-electron chi connectivity index (χ1n) is 11.1. The Labute approximate surface area is 183 Å². The molecule has 0 bridgehead atoms. The molecule has 0 unspecified atom stereocenters. The van der Waals surface area contributed by atoms with Crippen molar-refractivity contribution < 1.29 is 19.4 Å². The molecule has 2 fully saturated rings. The number of Topliss-reactive ketones (excluding diaryl/α,β-unsaturated/α-hetero) is 1. The molecule has 2 aromatic heterocycles. The van der Waals surface area contributed by atoms with Gasteiger partial charge in [0.2, 0.25) is 0 Å². The van der Waals surface area contributed by atoms with Crippen LogP contribution in [0, 0.1) is 5.92 Å². The van der Waals surface area contributed by atoms with Crippen LogP contribution in [0.15, 0.2) is 18.5 Å². The quantitative estimate of drug-likeness (QED) is 0.343. The van der Waals surface area contributed by atoms with Gasteiger partial charge in [-0.1, -0.05) is 19.6 Å². The third-order valence-electron chi connectivity index (χ3n) is 6.02. The summed E-state index contributed by atoms with van der Waals surface area (Å²) in [6.45, 7) is 8.98. The van der Waals surface area contributed by atoms with Crippen LogP contribution in [-0.4, -0.2) is 65.2 Å². The molecule has 1 atom stereocenters. The molecule has 3 heterocycles. The smallest absolute Gasteiger partial charge is 0.407 e. The molecule has 2 aromatic rings. The van der Waals surface area contributed by atoms with E-state index in [4.69, 9.17) is 4.74 Å². The van der Waals surface area contributed by atoms with Gasteiger partial charge in [-0.3, -0.25) is 4.79 Å². The highest BCUT2D eigenvalue weighted by atomic mass is 28.3. The Kier molecular flexibility index (Phi) is 6.07. The van der Waals surface area contributed by atoms with Crippen molar-refractivity contribution in [3.8, 4) is 0 Å². The fraction of sp³-hybridized carbons (Fsp3) is 0.591. The van der Waals surface area contributed by atoms with E-state index in [9.17, 15) is 14.7 Å². The molecule has 0 spiro atoms. The number of carbonyl (C=O) groups excluding carboxylic acids is 1. The van der Waals surface area contributed by atoms with Gasteiger partial charge in [-0.2, -0.15) is 0 Å². The van der Waals surface area contributed by atoms with Crippen molar-refractivity contribution >= 4 is 36.7 Å². The lowest BCUT2D eigenvalue weighted by atomic mass is 10.1. The summed E-state index contributed by atoms with van der Waals surface area (Å²) in [5, 5.41) is 13.5. The Morgan fingerprint density at radius 3 is 2.71 bits per heavy atom. The number of hydrogen-bond acceptors (Lipinski definition) is 5. The Balaban J connectivity index is 1.59. The van der Waals surface area contributed by atoms with Crippen LogP contribution in [-0.2, 0) is 11.5 Å². The SMILES string of the molecule is C[Si](C)(C)CCOCn1cc(C(=O)C2CC2)c2c(N[C@@H]3CCN(C(=O)O)C3)ccnc21. The van der Waals surface area contributed by atoms with E-state index in [0.717, 1.165) is 42.0 Å². The van der Waals surface area contributed by atoms with Crippen molar-refractivity contribution in [2.75, 3.05) is 25.0 Å². The van der Waals surface area contributed by atoms with Crippen LogP contribution < -0.4 is 5.32 Å². The number of ether oxygens (including phenoxy) is 1. The molecule has 0 radical (unpaired) electrons. The Morgan fingerprint density at radius 2 is 2.06 bits per heavy atom. The summed E-state index contributed by atoms with van der Waals surface area (Å²) in [6, 6.07) is 2.98. The van der Waals surface area contributed by atoms with Gasteiger partial charge in [0.15, 0.2) is 5.78 Å². The van der Waals surface area contributed by atoms with Gasteiger partial charge >= 0.3 is 6.09 Å². The molecule has 2 N–H and O–H groups in total. The molecule has 0 aromatic carbocycles. The predicted octanol–water partition coefficient (Wildman–Crippen LogP) is 4.11. The summed E-state index contributed by atoms with van der Waals surface area (Å²) in [5.74, 6) is 0.273. The molecule has 9 heteroatoms. The fourth-order valence-corrected chi connectivity index (χ4v) is 4.76. The zero-order valence-electron chi connectivity index (χ0n) is 18.6. The van der Waals surface area contributed by atoms with Crippen molar-refractivity contribution in [1.29, 1.82) is 0 Å². The number of fused-ring (bicyclic) bond motifs is 1. The number of anilines is 1. The molecular weight excluding hydrogens is 412 g/mol. The van der Waals surface area contributed by atoms with Gasteiger partial charge in [0.25, 0.3) is 0 Å². The van der Waals surface area contributed by atoms with Crippen molar-refractivity contribution in [1.82, 2.24) is 14.5 Å². The predicted molar refractivity (Wildman–Crippen MR) is 123 cm³/mol. The molecule has 31 heavy (non-hydrogen) atoms. The zero-order valence-corrected chi connectivity index (χ0v) is 19.6. The van der Waals surface area contributed by atoms with E-state index in [-0.39, 0.29) is 17.7 Å². The Bertz CT molecular complexity index is 980. The van der Waals surface area contributed by atoms with Crippen molar-refractivity contribution in [2.24, 2.45) is 5.92 Å². The Hall–Kier alpha value is -2.39. The summed E-state index contributed by atoms with van der Waals surface area (Å²) in [5.41, 5.74) is 2.26. The number of nitrogens with zero attached hydrogens (tertiary/aromatic N) is 3. The average Bonchev–Trinajstić information content (AvgIpc) is 3.33. The third-order valence-corrected chi connectivity index (χ3v) is 7.72. The maximum Gasteiger partial charge on any atom is 0.407 e. The first kappa shape index (κ1) is 21.8. The second-order valence-corrected chi connectivity index (χ2v) is 15.5. The average molecular weight is 445 g/mol. The molecular formula is C22H32N4O4Si. The zero-order chi connectivity index (χ0) is 22.2. The number of ketones is 1. The van der Waals surface area contributed by atoms with E-state index in [1.807, 2.05) is 16.8 Å². The van der Waals surface area contributed by atoms with Gasteiger partial charge in [0, 0.05) is 63.4 Å². The minimum Gasteiger partial charge on any atom is -0.465 e. The lowest BCUT2D eigenvalue weighted by molar-refractivity contribution is 0.0893. The molecule has 2 aliphatic rings. The monoisotopic (exact) mass is 444 g/mol. The third kappa shape index (κ3) is 5.09. The van der Waals surface area contributed by atoms with Gasteiger partial charge < -0.3 is 24.6 Å². The van der Waals surface area contributed by atoms with E-state index in [2.05, 4.69) is 29.9 Å². The lowest BCUT2D eigenvalue weighted by Crippen LogP contribution is -2.30. The maximum absolute atomic E-state index is 13.0. The normalized spacial score (nSPS) is 19.2. The van der Waals surface area contributed by atoms with Crippen LogP contribution >= 0.6 is 0 Å². The number of aromatic nitrogens is 2. The first-order valence-corrected chi connectivity index (χ1v) is 14.8. The second-order valence-electron chi connectivity index (χ2n) is 9.91. The van der Waals surface area contributed by atoms with Crippen molar-refractivity contribution in [3.63, 3.8) is 0 Å². The number of hydrogen-bond donors (Lipinski definition) is 2. The lowest BCUT2D eigenvalue weighted by Gasteiger charge is -2.17.